The maximum absolute atomic E-state index is 5.40. The van der Waals surface area contributed by atoms with Crippen molar-refractivity contribution in [2.24, 2.45) is 0 Å². The van der Waals surface area contributed by atoms with Gasteiger partial charge in [-0.15, -0.1) is 5.10 Å². The van der Waals surface area contributed by atoms with Crippen LogP contribution in [0.25, 0.3) is 0 Å². The molecule has 1 aliphatic rings. The fourth-order valence-corrected chi connectivity index (χ4v) is 2.81. The number of anilines is 3. The maximum atomic E-state index is 5.40. The second-order valence-corrected chi connectivity index (χ2v) is 5.89. The fraction of sp³-hybridized carbons (Fsp3) is 0.471. The van der Waals surface area contributed by atoms with Gasteiger partial charge in [-0.1, -0.05) is 13.0 Å². The molecule has 0 amide bonds. The fourth-order valence-electron chi connectivity index (χ4n) is 2.81. The molecule has 1 fully saturated rings. The van der Waals surface area contributed by atoms with Gasteiger partial charge in [-0.25, -0.2) is 0 Å². The van der Waals surface area contributed by atoms with Crippen molar-refractivity contribution in [1.82, 2.24) is 20.1 Å². The van der Waals surface area contributed by atoms with E-state index in [9.17, 15) is 0 Å². The molecule has 3 rings (SSSR count). The zero-order chi connectivity index (χ0) is 16.9. The summed E-state index contributed by atoms with van der Waals surface area (Å²) in [7, 11) is 1.66. The Labute approximate surface area is 142 Å². The molecular weight excluding hydrogens is 304 g/mol. The number of aryl methyl sites for hydroxylation is 1. The van der Waals surface area contributed by atoms with Crippen LogP contribution in [0, 0.1) is 6.92 Å². The standard InChI is InChI=1S/C17H24N6O/c1-4-22-7-9-23(10-8-22)17-20-16(12-18-21-17)19-14-11-13(2)5-6-15(14)24-3/h5-6,11-12H,4,7-10H2,1-3H3,(H,19,20,21). The van der Waals surface area contributed by atoms with Crippen molar-refractivity contribution in [2.75, 3.05) is 50.1 Å². The lowest BCUT2D eigenvalue weighted by Crippen LogP contribution is -2.46. The molecule has 1 aromatic carbocycles. The van der Waals surface area contributed by atoms with E-state index in [4.69, 9.17) is 4.74 Å². The van der Waals surface area contributed by atoms with Crippen molar-refractivity contribution in [1.29, 1.82) is 0 Å². The summed E-state index contributed by atoms with van der Waals surface area (Å²) in [6.07, 6.45) is 1.63. The van der Waals surface area contributed by atoms with Crippen LogP contribution < -0.4 is 15.0 Å². The summed E-state index contributed by atoms with van der Waals surface area (Å²) in [6, 6.07) is 5.98. The van der Waals surface area contributed by atoms with E-state index in [2.05, 4.69) is 37.2 Å². The number of rotatable bonds is 5. The monoisotopic (exact) mass is 328 g/mol. The van der Waals surface area contributed by atoms with Gasteiger partial charge in [0.15, 0.2) is 5.82 Å². The van der Waals surface area contributed by atoms with Crippen LogP contribution in [0.4, 0.5) is 17.5 Å². The Bertz CT molecular complexity index is 685. The first-order valence-electron chi connectivity index (χ1n) is 8.28. The van der Waals surface area contributed by atoms with E-state index in [1.54, 1.807) is 13.3 Å². The van der Waals surface area contributed by atoms with E-state index in [1.807, 2.05) is 25.1 Å². The van der Waals surface area contributed by atoms with Crippen molar-refractivity contribution in [3.8, 4) is 5.75 Å². The zero-order valence-electron chi connectivity index (χ0n) is 14.5. The van der Waals surface area contributed by atoms with Gasteiger partial charge >= 0.3 is 0 Å². The van der Waals surface area contributed by atoms with Crippen LogP contribution in [0.3, 0.4) is 0 Å². The summed E-state index contributed by atoms with van der Waals surface area (Å²) in [5.74, 6) is 2.11. The lowest BCUT2D eigenvalue weighted by Gasteiger charge is -2.33. The molecular formula is C17H24N6O. The van der Waals surface area contributed by atoms with Gasteiger partial charge < -0.3 is 19.9 Å². The molecule has 1 N–H and O–H groups in total. The maximum Gasteiger partial charge on any atom is 0.247 e. The summed E-state index contributed by atoms with van der Waals surface area (Å²) in [5, 5.41) is 11.6. The van der Waals surface area contributed by atoms with Crippen LogP contribution in [0.15, 0.2) is 24.4 Å². The highest BCUT2D eigenvalue weighted by atomic mass is 16.5. The molecule has 0 saturated carbocycles. The number of methoxy groups -OCH3 is 1. The Morgan fingerprint density at radius 3 is 2.71 bits per heavy atom. The van der Waals surface area contributed by atoms with Gasteiger partial charge in [0.2, 0.25) is 5.95 Å². The molecule has 128 valence electrons. The van der Waals surface area contributed by atoms with E-state index in [-0.39, 0.29) is 0 Å². The third-order valence-corrected chi connectivity index (χ3v) is 4.27. The van der Waals surface area contributed by atoms with Crippen LogP contribution >= 0.6 is 0 Å². The summed E-state index contributed by atoms with van der Waals surface area (Å²) >= 11 is 0. The average molecular weight is 328 g/mol. The normalized spacial score (nSPS) is 15.4. The highest BCUT2D eigenvalue weighted by Gasteiger charge is 2.18. The molecule has 0 aliphatic carbocycles. The molecule has 24 heavy (non-hydrogen) atoms. The predicted molar refractivity (Wildman–Crippen MR) is 95.2 cm³/mol. The number of likely N-dealkylation sites (N-methyl/N-ethyl adjacent to an activating group) is 1. The highest BCUT2D eigenvalue weighted by molar-refractivity contribution is 5.65. The van der Waals surface area contributed by atoms with Gasteiger partial charge in [-0.05, 0) is 31.2 Å². The van der Waals surface area contributed by atoms with Gasteiger partial charge in [0, 0.05) is 26.2 Å². The minimum atomic E-state index is 0.668. The first-order valence-corrected chi connectivity index (χ1v) is 8.28. The molecule has 1 aliphatic heterocycles. The minimum absolute atomic E-state index is 0.668. The predicted octanol–water partition coefficient (Wildman–Crippen LogP) is 2.07. The number of hydrogen-bond donors (Lipinski definition) is 1. The molecule has 0 radical (unpaired) electrons. The van der Waals surface area contributed by atoms with Crippen LogP contribution in [0.2, 0.25) is 0 Å². The number of piperazine rings is 1. The minimum Gasteiger partial charge on any atom is -0.495 e. The Morgan fingerprint density at radius 2 is 2.00 bits per heavy atom. The summed E-state index contributed by atoms with van der Waals surface area (Å²) in [6.45, 7) is 9.22. The van der Waals surface area contributed by atoms with Crippen molar-refractivity contribution in [3.63, 3.8) is 0 Å². The number of benzene rings is 1. The van der Waals surface area contributed by atoms with Crippen LogP contribution in [-0.4, -0.2) is 59.9 Å². The zero-order valence-corrected chi connectivity index (χ0v) is 14.5. The Kier molecular flexibility index (Phi) is 5.10. The molecule has 0 unspecified atom stereocenters. The molecule has 7 heteroatoms. The first kappa shape index (κ1) is 16.4. The molecule has 0 atom stereocenters. The smallest absolute Gasteiger partial charge is 0.247 e. The van der Waals surface area contributed by atoms with E-state index >= 15 is 0 Å². The number of ether oxygens (including phenoxy) is 1. The largest absolute Gasteiger partial charge is 0.495 e. The first-order chi connectivity index (χ1) is 11.7. The third kappa shape index (κ3) is 3.73. The van der Waals surface area contributed by atoms with E-state index < -0.39 is 0 Å². The third-order valence-electron chi connectivity index (χ3n) is 4.27. The number of nitrogens with zero attached hydrogens (tertiary/aromatic N) is 5. The number of nitrogens with one attached hydrogen (secondary N) is 1. The molecule has 1 aromatic heterocycles. The molecule has 2 heterocycles. The molecule has 7 nitrogen and oxygen atoms in total. The van der Waals surface area contributed by atoms with Gasteiger partial charge in [0.05, 0.1) is 19.0 Å². The Morgan fingerprint density at radius 1 is 1.21 bits per heavy atom. The van der Waals surface area contributed by atoms with Crippen LogP contribution in [0.5, 0.6) is 5.75 Å². The highest BCUT2D eigenvalue weighted by Crippen LogP contribution is 2.28. The lowest BCUT2D eigenvalue weighted by atomic mass is 10.2. The lowest BCUT2D eigenvalue weighted by molar-refractivity contribution is 0.269. The van der Waals surface area contributed by atoms with Gasteiger partial charge in [0.1, 0.15) is 5.75 Å². The van der Waals surface area contributed by atoms with E-state index in [0.717, 1.165) is 49.7 Å². The van der Waals surface area contributed by atoms with Crippen molar-refractivity contribution in [3.05, 3.63) is 30.0 Å². The van der Waals surface area contributed by atoms with Crippen LogP contribution in [0.1, 0.15) is 12.5 Å². The summed E-state index contributed by atoms with van der Waals surface area (Å²) in [5.41, 5.74) is 2.02. The van der Waals surface area contributed by atoms with Crippen LogP contribution in [-0.2, 0) is 0 Å². The van der Waals surface area contributed by atoms with Crippen molar-refractivity contribution < 1.29 is 4.74 Å². The quantitative estimate of drug-likeness (QED) is 0.901. The second kappa shape index (κ2) is 7.44. The molecule has 2 aromatic rings. The number of hydrogen-bond acceptors (Lipinski definition) is 7. The second-order valence-electron chi connectivity index (χ2n) is 5.89. The van der Waals surface area contributed by atoms with E-state index in [1.165, 1.54) is 0 Å². The van der Waals surface area contributed by atoms with E-state index in [0.29, 0.717) is 11.8 Å². The average Bonchev–Trinajstić information content (AvgIpc) is 2.62. The summed E-state index contributed by atoms with van der Waals surface area (Å²) < 4.78 is 5.40. The Balaban J connectivity index is 1.75. The Hall–Kier alpha value is -2.41. The number of aromatic nitrogens is 3. The topological polar surface area (TPSA) is 66.4 Å². The SMILES string of the molecule is CCN1CCN(c2nncc(Nc3cc(C)ccc3OC)n2)CC1. The summed E-state index contributed by atoms with van der Waals surface area (Å²) in [4.78, 5) is 9.21. The van der Waals surface area contributed by atoms with Crippen molar-refractivity contribution in [2.45, 2.75) is 13.8 Å². The molecule has 0 bridgehead atoms. The van der Waals surface area contributed by atoms with Crippen molar-refractivity contribution >= 4 is 17.5 Å². The van der Waals surface area contributed by atoms with Gasteiger partial charge in [-0.2, -0.15) is 10.1 Å². The van der Waals surface area contributed by atoms with Gasteiger partial charge in [0.25, 0.3) is 0 Å². The molecule has 0 spiro atoms. The molecule has 1 saturated heterocycles. The van der Waals surface area contributed by atoms with Gasteiger partial charge in [-0.3, -0.25) is 0 Å².